The summed E-state index contributed by atoms with van der Waals surface area (Å²) in [7, 11) is 0. The fourth-order valence-corrected chi connectivity index (χ4v) is 0.892. The summed E-state index contributed by atoms with van der Waals surface area (Å²) in [5, 5.41) is 8.42. The van der Waals surface area contributed by atoms with Crippen molar-refractivity contribution >= 4 is 24.4 Å². The van der Waals surface area contributed by atoms with Crippen LogP contribution in [0.1, 0.15) is 45.4 Å². The Bertz CT molecular complexity index is 42.5. The van der Waals surface area contributed by atoms with Crippen molar-refractivity contribution in [3.63, 3.8) is 0 Å². The van der Waals surface area contributed by atoms with Gasteiger partial charge in [0.1, 0.15) is 0 Å². The van der Waals surface area contributed by atoms with E-state index in [4.69, 9.17) is 5.11 Å². The van der Waals surface area contributed by atoms with Crippen LogP contribution in [0.5, 0.6) is 0 Å². The van der Waals surface area contributed by atoms with Crippen LogP contribution >= 0.6 is 0 Å². The molecule has 0 amide bonds. The maximum absolute atomic E-state index is 8.42. The van der Waals surface area contributed by atoms with E-state index in [9.17, 15) is 0 Å². The zero-order valence-electron chi connectivity index (χ0n) is 6.84. The Balaban J connectivity index is 0. The van der Waals surface area contributed by atoms with Crippen LogP contribution in [-0.4, -0.2) is 36.1 Å². The van der Waals surface area contributed by atoms with Crippen molar-refractivity contribution in [3.8, 4) is 0 Å². The van der Waals surface area contributed by atoms with Gasteiger partial charge in [-0.25, -0.2) is 0 Å². The fourth-order valence-electron chi connectivity index (χ4n) is 0.892. The number of hydrogen-bond acceptors (Lipinski definition) is 1. The third kappa shape index (κ3) is 11.6. The molecule has 0 rings (SSSR count). The zero-order chi connectivity index (χ0) is 6.95. The van der Waals surface area contributed by atoms with Gasteiger partial charge in [0.05, 0.1) is 0 Å². The molecule has 3 radical (unpaired) electrons. The standard InChI is InChI=1S/C8H18O.Sb/c1-2-3-4-5-6-7-8-9;/h9H,2-8H2,1H3;. The first kappa shape index (κ1) is 13.4. The summed E-state index contributed by atoms with van der Waals surface area (Å²) < 4.78 is 0. The maximum Gasteiger partial charge on any atom is 0.0431 e. The summed E-state index contributed by atoms with van der Waals surface area (Å²) in [6, 6.07) is 0. The van der Waals surface area contributed by atoms with Gasteiger partial charge in [-0.15, -0.1) is 0 Å². The number of unbranched alkanes of at least 4 members (excludes halogenated alkanes) is 5. The Kier molecular flexibility index (Phi) is 16.7. The van der Waals surface area contributed by atoms with Crippen molar-refractivity contribution in [1.82, 2.24) is 0 Å². The van der Waals surface area contributed by atoms with Crippen LogP contribution in [0.25, 0.3) is 0 Å². The van der Waals surface area contributed by atoms with E-state index in [0.717, 1.165) is 6.42 Å². The minimum Gasteiger partial charge on any atom is -0.396 e. The fraction of sp³-hybridized carbons (Fsp3) is 1.00. The van der Waals surface area contributed by atoms with E-state index in [1.54, 1.807) is 0 Å². The molecule has 0 aromatic rings. The van der Waals surface area contributed by atoms with Gasteiger partial charge in [-0.3, -0.25) is 0 Å². The Morgan fingerprint density at radius 3 is 1.90 bits per heavy atom. The molecule has 0 aliphatic heterocycles. The molecule has 0 heterocycles. The smallest absolute Gasteiger partial charge is 0.0431 e. The van der Waals surface area contributed by atoms with E-state index in [2.05, 4.69) is 6.92 Å². The third-order valence-corrected chi connectivity index (χ3v) is 1.51. The molecule has 0 aliphatic rings. The van der Waals surface area contributed by atoms with Crippen LogP contribution in [0.3, 0.4) is 0 Å². The molecule has 0 aromatic carbocycles. The summed E-state index contributed by atoms with van der Waals surface area (Å²) in [5.74, 6) is 0. The van der Waals surface area contributed by atoms with Crippen molar-refractivity contribution in [2.45, 2.75) is 45.4 Å². The van der Waals surface area contributed by atoms with Gasteiger partial charge in [0, 0.05) is 31.0 Å². The molecule has 1 nitrogen and oxygen atoms in total. The SMILES string of the molecule is CCCCCCCCO.[Sb]. The molecule has 1 N–H and O–H groups in total. The quantitative estimate of drug-likeness (QED) is 0.565. The molecule has 0 aliphatic carbocycles. The van der Waals surface area contributed by atoms with Gasteiger partial charge in [0.2, 0.25) is 0 Å². The molecule has 0 bridgehead atoms. The minimum absolute atomic E-state index is 0. The Labute approximate surface area is 81.7 Å². The molecule has 0 saturated carbocycles. The summed E-state index contributed by atoms with van der Waals surface area (Å²) in [5.41, 5.74) is 0. The van der Waals surface area contributed by atoms with E-state index >= 15 is 0 Å². The first-order valence-electron chi connectivity index (χ1n) is 4.02. The van der Waals surface area contributed by atoms with Crippen LogP contribution in [0.15, 0.2) is 0 Å². The first-order chi connectivity index (χ1) is 4.41. The summed E-state index contributed by atoms with van der Waals surface area (Å²) in [6.07, 6.45) is 7.50. The van der Waals surface area contributed by atoms with E-state index < -0.39 is 0 Å². The van der Waals surface area contributed by atoms with Crippen molar-refractivity contribution < 1.29 is 5.11 Å². The molecular formula is C8H18OSb. The number of hydrogen-bond donors (Lipinski definition) is 1. The van der Waals surface area contributed by atoms with Crippen LogP contribution < -0.4 is 0 Å². The van der Waals surface area contributed by atoms with Crippen molar-refractivity contribution in [2.24, 2.45) is 0 Å². The van der Waals surface area contributed by atoms with Crippen LogP contribution in [-0.2, 0) is 0 Å². The largest absolute Gasteiger partial charge is 0.396 e. The molecule has 0 unspecified atom stereocenters. The van der Waals surface area contributed by atoms with E-state index in [1.807, 2.05) is 0 Å². The Hall–Kier alpha value is 0.778. The molecule has 0 fully saturated rings. The molecule has 61 valence electrons. The van der Waals surface area contributed by atoms with Crippen LogP contribution in [0, 0.1) is 0 Å². The second kappa shape index (κ2) is 12.5. The van der Waals surface area contributed by atoms with Crippen LogP contribution in [0.4, 0.5) is 0 Å². The van der Waals surface area contributed by atoms with Gasteiger partial charge in [0.15, 0.2) is 0 Å². The van der Waals surface area contributed by atoms with Crippen molar-refractivity contribution in [2.75, 3.05) is 6.61 Å². The predicted molar refractivity (Wildman–Crippen MR) is 46.2 cm³/mol. The zero-order valence-corrected chi connectivity index (χ0v) is 9.40. The monoisotopic (exact) mass is 251 g/mol. The van der Waals surface area contributed by atoms with Gasteiger partial charge in [-0.2, -0.15) is 0 Å². The molecule has 10 heavy (non-hydrogen) atoms. The summed E-state index contributed by atoms with van der Waals surface area (Å²) in [4.78, 5) is 0. The third-order valence-electron chi connectivity index (χ3n) is 1.51. The van der Waals surface area contributed by atoms with Gasteiger partial charge in [0.25, 0.3) is 0 Å². The Morgan fingerprint density at radius 2 is 1.40 bits per heavy atom. The first-order valence-corrected chi connectivity index (χ1v) is 4.02. The summed E-state index contributed by atoms with van der Waals surface area (Å²) >= 11 is 0. The van der Waals surface area contributed by atoms with E-state index in [-0.39, 0.29) is 24.4 Å². The molecule has 0 spiro atoms. The van der Waals surface area contributed by atoms with Gasteiger partial charge in [-0.05, 0) is 6.42 Å². The predicted octanol–water partition coefficient (Wildman–Crippen LogP) is 1.96. The maximum atomic E-state index is 8.42. The average Bonchev–Trinajstić information content (AvgIpc) is 1.89. The number of rotatable bonds is 6. The van der Waals surface area contributed by atoms with E-state index in [0.29, 0.717) is 6.61 Å². The average molecular weight is 252 g/mol. The van der Waals surface area contributed by atoms with E-state index in [1.165, 1.54) is 32.1 Å². The molecule has 2 heteroatoms. The summed E-state index contributed by atoms with van der Waals surface area (Å²) in [6.45, 7) is 2.58. The number of aliphatic hydroxyl groups excluding tert-OH is 1. The normalized spacial score (nSPS) is 9.00. The van der Waals surface area contributed by atoms with Crippen molar-refractivity contribution in [1.29, 1.82) is 0 Å². The van der Waals surface area contributed by atoms with Crippen LogP contribution in [0.2, 0.25) is 0 Å². The van der Waals surface area contributed by atoms with Gasteiger partial charge >= 0.3 is 0 Å². The topological polar surface area (TPSA) is 20.2 Å². The number of aliphatic hydroxyl groups is 1. The second-order valence-electron chi connectivity index (χ2n) is 2.49. The molecule has 0 aromatic heterocycles. The Morgan fingerprint density at radius 1 is 0.900 bits per heavy atom. The molecule has 0 atom stereocenters. The van der Waals surface area contributed by atoms with Gasteiger partial charge in [-0.1, -0.05) is 39.0 Å². The van der Waals surface area contributed by atoms with Gasteiger partial charge < -0.3 is 5.11 Å². The molecule has 0 saturated heterocycles. The van der Waals surface area contributed by atoms with Crippen molar-refractivity contribution in [3.05, 3.63) is 0 Å². The second-order valence-corrected chi connectivity index (χ2v) is 2.49. The molecular weight excluding hydrogens is 234 g/mol. The minimum atomic E-state index is 0.